The molecule has 0 atom stereocenters. The van der Waals surface area contributed by atoms with Gasteiger partial charge in [-0.15, -0.1) is 5.10 Å². The van der Waals surface area contributed by atoms with Gasteiger partial charge in [-0.3, -0.25) is 0 Å². The second-order valence-electron chi connectivity index (χ2n) is 2.86. The van der Waals surface area contributed by atoms with Crippen molar-refractivity contribution in [1.29, 1.82) is 0 Å². The first-order valence-corrected chi connectivity index (χ1v) is 3.99. The minimum atomic E-state index is 0.637. The Labute approximate surface area is 75.4 Å². The zero-order chi connectivity index (χ0) is 9.42. The van der Waals surface area contributed by atoms with E-state index in [4.69, 9.17) is 4.42 Å². The number of hydrogen-bond donors (Lipinski definition) is 0. The lowest BCUT2D eigenvalue weighted by molar-refractivity contribution is 0.510. The molecule has 0 aliphatic rings. The number of nitrogens with zero attached hydrogens (tertiary/aromatic N) is 4. The molecule has 68 valence electrons. The first kappa shape index (κ1) is 7.97. The summed E-state index contributed by atoms with van der Waals surface area (Å²) < 4.78 is 6.84. The van der Waals surface area contributed by atoms with E-state index < -0.39 is 0 Å². The predicted molar refractivity (Wildman–Crippen MR) is 45.6 cm³/mol. The fraction of sp³-hybridized carbons (Fsp3) is 0.375. The van der Waals surface area contributed by atoms with Gasteiger partial charge in [0.15, 0.2) is 6.39 Å². The third-order valence-electron chi connectivity index (χ3n) is 1.79. The van der Waals surface area contributed by atoms with Gasteiger partial charge in [0.05, 0.1) is 0 Å². The highest BCUT2D eigenvalue weighted by molar-refractivity contribution is 5.22. The van der Waals surface area contributed by atoms with Gasteiger partial charge in [-0.05, 0) is 20.8 Å². The van der Waals surface area contributed by atoms with E-state index in [-0.39, 0.29) is 0 Å². The zero-order valence-electron chi connectivity index (χ0n) is 7.77. The van der Waals surface area contributed by atoms with Gasteiger partial charge in [0.25, 0.3) is 0 Å². The normalized spacial score (nSPS) is 10.7. The molecule has 0 aliphatic carbocycles. The summed E-state index contributed by atoms with van der Waals surface area (Å²) in [5, 5.41) is 4.19. The Balaban J connectivity index is 2.58. The third kappa shape index (κ3) is 1.22. The number of aryl methyl sites for hydroxylation is 3. The van der Waals surface area contributed by atoms with Gasteiger partial charge in [-0.25, -0.2) is 9.97 Å². The summed E-state index contributed by atoms with van der Waals surface area (Å²) in [5.74, 6) is 2.17. The molecular weight excluding hydrogens is 168 g/mol. The number of hydrogen-bond acceptors (Lipinski definition) is 4. The van der Waals surface area contributed by atoms with Crippen LogP contribution in [-0.4, -0.2) is 19.7 Å². The maximum Gasteiger partial charge on any atom is 0.245 e. The Morgan fingerprint density at radius 1 is 1.31 bits per heavy atom. The standard InChI is InChI=1S/C8H10N4O/c1-5-8(13-4-9-5)12-7(3)10-6(2)11-12/h4H,1-3H3. The number of aromatic nitrogens is 4. The summed E-state index contributed by atoms with van der Waals surface area (Å²) in [6.07, 6.45) is 1.40. The summed E-state index contributed by atoms with van der Waals surface area (Å²) in [6.45, 7) is 5.59. The van der Waals surface area contributed by atoms with E-state index in [9.17, 15) is 0 Å². The molecule has 0 bridgehead atoms. The van der Waals surface area contributed by atoms with Gasteiger partial charge in [0.2, 0.25) is 5.88 Å². The molecule has 0 saturated carbocycles. The van der Waals surface area contributed by atoms with E-state index in [0.717, 1.165) is 17.3 Å². The van der Waals surface area contributed by atoms with Crippen LogP contribution in [0.5, 0.6) is 0 Å². The molecular formula is C8H10N4O. The van der Waals surface area contributed by atoms with Crippen molar-refractivity contribution in [2.75, 3.05) is 0 Å². The van der Waals surface area contributed by atoms with Crippen LogP contribution in [0.3, 0.4) is 0 Å². The summed E-state index contributed by atoms with van der Waals surface area (Å²) >= 11 is 0. The van der Waals surface area contributed by atoms with Gasteiger partial charge in [0, 0.05) is 0 Å². The van der Waals surface area contributed by atoms with E-state index >= 15 is 0 Å². The molecule has 0 spiro atoms. The van der Waals surface area contributed by atoms with Crippen molar-refractivity contribution in [3.63, 3.8) is 0 Å². The Morgan fingerprint density at radius 3 is 2.54 bits per heavy atom. The fourth-order valence-corrected chi connectivity index (χ4v) is 1.21. The second-order valence-corrected chi connectivity index (χ2v) is 2.86. The van der Waals surface area contributed by atoms with Crippen molar-refractivity contribution in [2.45, 2.75) is 20.8 Å². The van der Waals surface area contributed by atoms with Gasteiger partial charge in [-0.2, -0.15) is 4.68 Å². The minimum Gasteiger partial charge on any atom is -0.425 e. The Morgan fingerprint density at radius 2 is 2.08 bits per heavy atom. The minimum absolute atomic E-state index is 0.637. The van der Waals surface area contributed by atoms with Crippen molar-refractivity contribution in [3.05, 3.63) is 23.7 Å². The van der Waals surface area contributed by atoms with Crippen molar-refractivity contribution >= 4 is 0 Å². The molecule has 2 rings (SSSR count). The Kier molecular flexibility index (Phi) is 1.65. The topological polar surface area (TPSA) is 56.7 Å². The van der Waals surface area contributed by atoms with Crippen LogP contribution in [0.2, 0.25) is 0 Å². The average molecular weight is 178 g/mol. The van der Waals surface area contributed by atoms with Crippen LogP contribution in [0.15, 0.2) is 10.8 Å². The second kappa shape index (κ2) is 2.69. The number of rotatable bonds is 1. The maximum absolute atomic E-state index is 5.19. The fourth-order valence-electron chi connectivity index (χ4n) is 1.21. The van der Waals surface area contributed by atoms with Gasteiger partial charge in [0.1, 0.15) is 17.3 Å². The van der Waals surface area contributed by atoms with Crippen molar-refractivity contribution < 1.29 is 4.42 Å². The summed E-state index contributed by atoms with van der Waals surface area (Å²) in [7, 11) is 0. The lowest BCUT2D eigenvalue weighted by Gasteiger charge is -1.96. The number of oxazole rings is 1. The molecule has 5 nitrogen and oxygen atoms in total. The quantitative estimate of drug-likeness (QED) is 0.658. The SMILES string of the molecule is Cc1nc(C)n(-c2ocnc2C)n1. The van der Waals surface area contributed by atoms with Crippen LogP contribution in [0, 0.1) is 20.8 Å². The highest BCUT2D eigenvalue weighted by Gasteiger charge is 2.10. The molecule has 2 heterocycles. The van der Waals surface area contributed by atoms with E-state index in [1.54, 1.807) is 4.68 Å². The molecule has 2 aromatic heterocycles. The smallest absolute Gasteiger partial charge is 0.245 e. The molecule has 5 heteroatoms. The zero-order valence-corrected chi connectivity index (χ0v) is 7.77. The van der Waals surface area contributed by atoms with Crippen LogP contribution < -0.4 is 0 Å². The van der Waals surface area contributed by atoms with Crippen LogP contribution in [-0.2, 0) is 0 Å². The van der Waals surface area contributed by atoms with Crippen LogP contribution in [0.1, 0.15) is 17.3 Å². The highest BCUT2D eigenvalue weighted by Crippen LogP contribution is 2.12. The molecule has 0 unspecified atom stereocenters. The molecule has 0 N–H and O–H groups in total. The highest BCUT2D eigenvalue weighted by atomic mass is 16.4. The molecule has 13 heavy (non-hydrogen) atoms. The summed E-state index contributed by atoms with van der Waals surface area (Å²) in [6, 6.07) is 0. The van der Waals surface area contributed by atoms with Gasteiger partial charge >= 0.3 is 0 Å². The van der Waals surface area contributed by atoms with Gasteiger partial charge in [-0.1, -0.05) is 0 Å². The monoisotopic (exact) mass is 178 g/mol. The van der Waals surface area contributed by atoms with Crippen LogP contribution in [0.4, 0.5) is 0 Å². The molecule has 2 aromatic rings. The summed E-state index contributed by atoms with van der Waals surface area (Å²) in [5.41, 5.74) is 0.813. The first-order valence-electron chi connectivity index (χ1n) is 3.99. The van der Waals surface area contributed by atoms with Crippen molar-refractivity contribution in [2.24, 2.45) is 0 Å². The molecule has 0 saturated heterocycles. The third-order valence-corrected chi connectivity index (χ3v) is 1.79. The average Bonchev–Trinajstić information content (AvgIpc) is 2.58. The maximum atomic E-state index is 5.19. The lowest BCUT2D eigenvalue weighted by Crippen LogP contribution is -1.99. The molecule has 0 aliphatic heterocycles. The van der Waals surface area contributed by atoms with Crippen LogP contribution in [0.25, 0.3) is 5.88 Å². The largest absolute Gasteiger partial charge is 0.425 e. The van der Waals surface area contributed by atoms with E-state index in [1.807, 2.05) is 20.8 Å². The first-order chi connectivity index (χ1) is 6.18. The Bertz CT molecular complexity index is 429. The van der Waals surface area contributed by atoms with Crippen molar-refractivity contribution in [1.82, 2.24) is 19.7 Å². The van der Waals surface area contributed by atoms with Crippen molar-refractivity contribution in [3.8, 4) is 5.88 Å². The lowest BCUT2D eigenvalue weighted by atomic mass is 10.5. The van der Waals surface area contributed by atoms with E-state index in [1.165, 1.54) is 6.39 Å². The molecule has 0 radical (unpaired) electrons. The van der Waals surface area contributed by atoms with E-state index in [2.05, 4.69) is 15.1 Å². The van der Waals surface area contributed by atoms with Gasteiger partial charge < -0.3 is 4.42 Å². The molecule has 0 amide bonds. The summed E-state index contributed by atoms with van der Waals surface area (Å²) in [4.78, 5) is 8.16. The Hall–Kier alpha value is -1.65. The van der Waals surface area contributed by atoms with Crippen LogP contribution >= 0.6 is 0 Å². The molecule has 0 fully saturated rings. The predicted octanol–water partition coefficient (Wildman–Crippen LogP) is 1.18. The van der Waals surface area contributed by atoms with E-state index in [0.29, 0.717) is 5.88 Å². The molecule has 0 aromatic carbocycles.